The van der Waals surface area contributed by atoms with Gasteiger partial charge in [0.25, 0.3) is 0 Å². The van der Waals surface area contributed by atoms with Crippen LogP contribution in [-0.4, -0.2) is 43.9 Å². The Kier molecular flexibility index (Phi) is 4.59. The highest BCUT2D eigenvalue weighted by Gasteiger charge is 2.24. The molecule has 1 atom stereocenters. The second kappa shape index (κ2) is 6.20. The highest BCUT2D eigenvalue weighted by atomic mass is 16.1. The Morgan fingerprint density at radius 1 is 1.47 bits per heavy atom. The summed E-state index contributed by atoms with van der Waals surface area (Å²) in [5, 5.41) is 0. The highest BCUT2D eigenvalue weighted by Crippen LogP contribution is 2.23. The Morgan fingerprint density at radius 2 is 2.26 bits per heavy atom. The predicted molar refractivity (Wildman–Crippen MR) is 80.1 cm³/mol. The molecule has 104 valence electrons. The fourth-order valence-corrected chi connectivity index (χ4v) is 3.05. The molecule has 1 aliphatic rings. The third-order valence-electron chi connectivity index (χ3n) is 4.11. The van der Waals surface area contributed by atoms with Crippen molar-refractivity contribution >= 4 is 12.0 Å². The molecule has 1 saturated heterocycles. The zero-order valence-corrected chi connectivity index (χ0v) is 12.2. The van der Waals surface area contributed by atoms with E-state index in [-0.39, 0.29) is 0 Å². The van der Waals surface area contributed by atoms with Crippen LogP contribution in [0.25, 0.3) is 0 Å². The molecule has 19 heavy (non-hydrogen) atoms. The summed E-state index contributed by atoms with van der Waals surface area (Å²) in [6.45, 7) is 7.57. The van der Waals surface area contributed by atoms with Gasteiger partial charge in [-0.15, -0.1) is 0 Å². The summed E-state index contributed by atoms with van der Waals surface area (Å²) in [7, 11) is 2.09. The van der Waals surface area contributed by atoms with Crippen LogP contribution >= 0.6 is 0 Å². The van der Waals surface area contributed by atoms with Crippen molar-refractivity contribution in [3.8, 4) is 0 Å². The molecule has 0 aliphatic carbocycles. The molecule has 0 spiro atoms. The van der Waals surface area contributed by atoms with Crippen LogP contribution in [0.3, 0.4) is 0 Å². The average Bonchev–Trinajstić information content (AvgIpc) is 2.85. The van der Waals surface area contributed by atoms with Gasteiger partial charge in [-0.1, -0.05) is 18.6 Å². The molecule has 0 bridgehead atoms. The summed E-state index contributed by atoms with van der Waals surface area (Å²) >= 11 is 0. The number of anilines is 1. The number of hydrogen-bond acceptors (Lipinski definition) is 3. The van der Waals surface area contributed by atoms with Crippen LogP contribution in [0.4, 0.5) is 5.69 Å². The minimum atomic E-state index is 0.621. The van der Waals surface area contributed by atoms with Crippen LogP contribution in [0.1, 0.15) is 35.7 Å². The Hall–Kier alpha value is -1.35. The van der Waals surface area contributed by atoms with Crippen molar-refractivity contribution in [2.45, 2.75) is 32.7 Å². The molecule has 3 heteroatoms. The van der Waals surface area contributed by atoms with Crippen molar-refractivity contribution in [1.29, 1.82) is 0 Å². The lowest BCUT2D eigenvalue weighted by atomic mass is 10.1. The molecule has 0 N–H and O–H groups in total. The molecule has 1 aromatic carbocycles. The lowest BCUT2D eigenvalue weighted by Gasteiger charge is -2.29. The van der Waals surface area contributed by atoms with Gasteiger partial charge in [-0.05, 0) is 45.0 Å². The van der Waals surface area contributed by atoms with E-state index in [0.29, 0.717) is 6.04 Å². The first-order valence-corrected chi connectivity index (χ1v) is 7.16. The summed E-state index contributed by atoms with van der Waals surface area (Å²) in [6, 6.07) is 6.72. The maximum absolute atomic E-state index is 11.2. The van der Waals surface area contributed by atoms with Crippen LogP contribution in [0.5, 0.6) is 0 Å². The van der Waals surface area contributed by atoms with Crippen molar-refractivity contribution < 1.29 is 4.79 Å². The predicted octanol–water partition coefficient (Wildman–Crippen LogP) is 2.73. The molecule has 0 amide bonds. The second-order valence-corrected chi connectivity index (χ2v) is 5.49. The quantitative estimate of drug-likeness (QED) is 0.761. The SMILES string of the molecule is CCN1CCCC1CN(C)c1ccc(C)cc1C=O. The van der Waals surface area contributed by atoms with E-state index in [1.54, 1.807) is 0 Å². The molecule has 0 saturated carbocycles. The van der Waals surface area contributed by atoms with Gasteiger partial charge in [0, 0.05) is 30.9 Å². The summed E-state index contributed by atoms with van der Waals surface area (Å²) in [6.07, 6.45) is 3.52. The number of hydrogen-bond donors (Lipinski definition) is 0. The minimum absolute atomic E-state index is 0.621. The van der Waals surface area contributed by atoms with Gasteiger partial charge in [0.15, 0.2) is 6.29 Å². The van der Waals surface area contributed by atoms with Gasteiger partial charge in [-0.25, -0.2) is 0 Å². The monoisotopic (exact) mass is 260 g/mol. The van der Waals surface area contributed by atoms with Gasteiger partial charge >= 0.3 is 0 Å². The van der Waals surface area contributed by atoms with Crippen molar-refractivity contribution in [1.82, 2.24) is 4.90 Å². The summed E-state index contributed by atoms with van der Waals surface area (Å²) in [5.74, 6) is 0. The Morgan fingerprint density at radius 3 is 2.95 bits per heavy atom. The molecule has 3 nitrogen and oxygen atoms in total. The van der Waals surface area contributed by atoms with E-state index in [0.717, 1.165) is 36.2 Å². The van der Waals surface area contributed by atoms with Gasteiger partial charge in [0.2, 0.25) is 0 Å². The first-order valence-electron chi connectivity index (χ1n) is 7.16. The van der Waals surface area contributed by atoms with Gasteiger partial charge < -0.3 is 4.90 Å². The zero-order valence-electron chi connectivity index (χ0n) is 12.2. The Labute approximate surface area is 116 Å². The maximum atomic E-state index is 11.2. The second-order valence-electron chi connectivity index (χ2n) is 5.49. The van der Waals surface area contributed by atoms with Crippen LogP contribution in [0, 0.1) is 6.92 Å². The Balaban J connectivity index is 2.11. The number of aryl methyl sites for hydroxylation is 1. The van der Waals surface area contributed by atoms with E-state index in [4.69, 9.17) is 0 Å². The first-order chi connectivity index (χ1) is 9.15. The number of aldehydes is 1. The normalized spacial score (nSPS) is 19.6. The fraction of sp³-hybridized carbons (Fsp3) is 0.562. The summed E-state index contributed by atoms with van der Waals surface area (Å²) in [5.41, 5.74) is 2.97. The van der Waals surface area contributed by atoms with Crippen LogP contribution in [0.2, 0.25) is 0 Å². The molecule has 1 unspecified atom stereocenters. The van der Waals surface area contributed by atoms with E-state index in [1.807, 2.05) is 13.0 Å². The molecule has 1 fully saturated rings. The lowest BCUT2D eigenvalue weighted by molar-refractivity contribution is 0.112. The maximum Gasteiger partial charge on any atom is 0.152 e. The number of likely N-dealkylation sites (N-methyl/N-ethyl adjacent to an activating group) is 2. The molecule has 0 aromatic heterocycles. The lowest BCUT2D eigenvalue weighted by Crippen LogP contribution is -2.39. The molecule has 1 aromatic rings. The van der Waals surface area contributed by atoms with Crippen LogP contribution < -0.4 is 4.90 Å². The molecule has 1 heterocycles. The van der Waals surface area contributed by atoms with Gasteiger partial charge in [0.1, 0.15) is 0 Å². The van der Waals surface area contributed by atoms with Gasteiger partial charge in [-0.2, -0.15) is 0 Å². The van der Waals surface area contributed by atoms with Crippen molar-refractivity contribution in [2.24, 2.45) is 0 Å². The van der Waals surface area contributed by atoms with Crippen molar-refractivity contribution in [3.05, 3.63) is 29.3 Å². The third kappa shape index (κ3) is 3.16. The topological polar surface area (TPSA) is 23.6 Å². The minimum Gasteiger partial charge on any atom is -0.372 e. The molecule has 2 rings (SSSR count). The number of rotatable bonds is 5. The number of benzene rings is 1. The van der Waals surface area contributed by atoms with E-state index in [9.17, 15) is 4.79 Å². The number of likely N-dealkylation sites (tertiary alicyclic amines) is 1. The van der Waals surface area contributed by atoms with E-state index in [2.05, 4.69) is 35.9 Å². The van der Waals surface area contributed by atoms with Crippen molar-refractivity contribution in [3.63, 3.8) is 0 Å². The van der Waals surface area contributed by atoms with E-state index < -0.39 is 0 Å². The molecule has 1 aliphatic heterocycles. The zero-order chi connectivity index (χ0) is 13.8. The first kappa shape index (κ1) is 14.1. The highest BCUT2D eigenvalue weighted by molar-refractivity contribution is 5.84. The standard InChI is InChI=1S/C16H24N2O/c1-4-18-9-5-6-15(18)11-17(3)16-8-7-13(2)10-14(16)12-19/h7-8,10,12,15H,4-6,9,11H2,1-3H3. The van der Waals surface area contributed by atoms with Gasteiger partial charge in [-0.3, -0.25) is 9.69 Å². The van der Waals surface area contributed by atoms with Crippen molar-refractivity contribution in [2.75, 3.05) is 31.6 Å². The Bertz CT molecular complexity index is 444. The number of carbonyl (C=O) groups excluding carboxylic acids is 1. The fourth-order valence-electron chi connectivity index (χ4n) is 3.05. The smallest absolute Gasteiger partial charge is 0.152 e. The average molecular weight is 260 g/mol. The van der Waals surface area contributed by atoms with Crippen LogP contribution in [-0.2, 0) is 0 Å². The largest absolute Gasteiger partial charge is 0.372 e. The van der Waals surface area contributed by atoms with Gasteiger partial charge in [0.05, 0.1) is 0 Å². The number of carbonyl (C=O) groups is 1. The van der Waals surface area contributed by atoms with E-state index in [1.165, 1.54) is 19.4 Å². The third-order valence-corrected chi connectivity index (χ3v) is 4.11. The van der Waals surface area contributed by atoms with E-state index >= 15 is 0 Å². The summed E-state index contributed by atoms with van der Waals surface area (Å²) in [4.78, 5) is 16.0. The number of nitrogens with zero attached hydrogens (tertiary/aromatic N) is 2. The molecule has 0 radical (unpaired) electrons. The molecular weight excluding hydrogens is 236 g/mol. The summed E-state index contributed by atoms with van der Waals surface area (Å²) < 4.78 is 0. The molecular formula is C16H24N2O. The van der Waals surface area contributed by atoms with Crippen LogP contribution in [0.15, 0.2) is 18.2 Å².